The van der Waals surface area contributed by atoms with Crippen LogP contribution in [-0.4, -0.2) is 48.9 Å². The van der Waals surface area contributed by atoms with Gasteiger partial charge in [0.15, 0.2) is 0 Å². The molecule has 0 spiro atoms. The molecule has 8 heteroatoms. The predicted molar refractivity (Wildman–Crippen MR) is 132 cm³/mol. The second-order valence-electron chi connectivity index (χ2n) is 8.78. The van der Waals surface area contributed by atoms with Gasteiger partial charge in [0.1, 0.15) is 5.00 Å². The van der Waals surface area contributed by atoms with Crippen molar-refractivity contribution in [1.82, 2.24) is 4.90 Å². The molecule has 1 fully saturated rings. The van der Waals surface area contributed by atoms with Crippen LogP contribution < -0.4 is 10.6 Å². The fourth-order valence-electron chi connectivity index (χ4n) is 4.20. The van der Waals surface area contributed by atoms with E-state index in [4.69, 9.17) is 4.74 Å². The maximum Gasteiger partial charge on any atom is 0.341 e. The molecule has 0 bridgehead atoms. The van der Waals surface area contributed by atoms with E-state index in [1.807, 2.05) is 32.0 Å². The van der Waals surface area contributed by atoms with Crippen LogP contribution in [0, 0.1) is 26.7 Å². The number of likely N-dealkylation sites (tertiary alicyclic amines) is 1. The summed E-state index contributed by atoms with van der Waals surface area (Å²) in [6.45, 7) is 11.8. The van der Waals surface area contributed by atoms with E-state index >= 15 is 0 Å². The number of benzene rings is 1. The van der Waals surface area contributed by atoms with Crippen molar-refractivity contribution in [3.8, 4) is 0 Å². The van der Waals surface area contributed by atoms with E-state index in [0.717, 1.165) is 42.0 Å². The SMILES string of the molecule is CCOC(=O)c1c(NC(=O)CN2CCC[C@@H](C)C2)sc(C(=O)Nc2ccc(C)cc2C)c1C. The number of rotatable bonds is 7. The lowest BCUT2D eigenvalue weighted by Gasteiger charge is -2.30. The van der Waals surface area contributed by atoms with Crippen LogP contribution in [0.25, 0.3) is 0 Å². The van der Waals surface area contributed by atoms with Crippen LogP contribution in [0.15, 0.2) is 18.2 Å². The Hall–Kier alpha value is -2.71. The monoisotopic (exact) mass is 471 g/mol. The van der Waals surface area contributed by atoms with E-state index in [9.17, 15) is 14.4 Å². The first-order valence-electron chi connectivity index (χ1n) is 11.4. The molecule has 1 aliphatic rings. The highest BCUT2D eigenvalue weighted by atomic mass is 32.1. The van der Waals surface area contributed by atoms with Gasteiger partial charge >= 0.3 is 5.97 Å². The summed E-state index contributed by atoms with van der Waals surface area (Å²) < 4.78 is 5.21. The number of carbonyl (C=O) groups is 3. The first-order valence-corrected chi connectivity index (χ1v) is 12.2. The Bertz CT molecular complexity index is 1050. The van der Waals surface area contributed by atoms with Gasteiger partial charge in [-0.2, -0.15) is 0 Å². The molecule has 33 heavy (non-hydrogen) atoms. The average Bonchev–Trinajstić information content (AvgIpc) is 3.06. The summed E-state index contributed by atoms with van der Waals surface area (Å²) in [5.41, 5.74) is 3.51. The second-order valence-corrected chi connectivity index (χ2v) is 9.80. The van der Waals surface area contributed by atoms with Crippen LogP contribution in [0.4, 0.5) is 10.7 Å². The van der Waals surface area contributed by atoms with Crippen molar-refractivity contribution in [3.63, 3.8) is 0 Å². The van der Waals surface area contributed by atoms with Crippen molar-refractivity contribution in [2.24, 2.45) is 5.92 Å². The van der Waals surface area contributed by atoms with Gasteiger partial charge in [-0.25, -0.2) is 4.79 Å². The van der Waals surface area contributed by atoms with E-state index < -0.39 is 5.97 Å². The maximum atomic E-state index is 13.1. The number of amides is 2. The summed E-state index contributed by atoms with van der Waals surface area (Å²) >= 11 is 1.10. The molecule has 3 rings (SSSR count). The third-order valence-corrected chi connectivity index (χ3v) is 7.03. The van der Waals surface area contributed by atoms with Crippen molar-refractivity contribution in [2.75, 3.05) is 36.9 Å². The number of aryl methyl sites for hydroxylation is 2. The Labute approximate surface area is 199 Å². The Morgan fingerprint density at radius 1 is 1.18 bits per heavy atom. The van der Waals surface area contributed by atoms with Crippen LogP contribution in [0.1, 0.15) is 63.4 Å². The van der Waals surface area contributed by atoms with Crippen molar-refractivity contribution in [2.45, 2.75) is 47.5 Å². The second kappa shape index (κ2) is 10.9. The van der Waals surface area contributed by atoms with Gasteiger partial charge in [0, 0.05) is 12.2 Å². The Balaban J connectivity index is 1.83. The van der Waals surface area contributed by atoms with Gasteiger partial charge in [0.2, 0.25) is 5.91 Å². The van der Waals surface area contributed by atoms with Gasteiger partial charge in [-0.15, -0.1) is 11.3 Å². The van der Waals surface area contributed by atoms with Gasteiger partial charge in [-0.1, -0.05) is 24.6 Å². The van der Waals surface area contributed by atoms with Crippen molar-refractivity contribution in [3.05, 3.63) is 45.3 Å². The highest BCUT2D eigenvalue weighted by Crippen LogP contribution is 2.34. The quantitative estimate of drug-likeness (QED) is 0.568. The molecule has 1 atom stereocenters. The van der Waals surface area contributed by atoms with Crippen LogP contribution in [0.2, 0.25) is 0 Å². The lowest BCUT2D eigenvalue weighted by Crippen LogP contribution is -2.39. The van der Waals surface area contributed by atoms with Crippen molar-refractivity contribution in [1.29, 1.82) is 0 Å². The minimum atomic E-state index is -0.543. The molecule has 2 heterocycles. The largest absolute Gasteiger partial charge is 0.462 e. The zero-order valence-corrected chi connectivity index (χ0v) is 20.9. The summed E-state index contributed by atoms with van der Waals surface area (Å²) in [4.78, 5) is 41.0. The van der Waals surface area contributed by atoms with Gasteiger partial charge in [-0.05, 0) is 70.2 Å². The molecule has 2 amide bonds. The number of piperidine rings is 1. The number of esters is 1. The molecule has 0 unspecified atom stereocenters. The standard InChI is InChI=1S/C25H33N3O4S/c1-6-32-25(31)21-18(5)22(23(30)26-19-10-9-15(2)12-17(19)4)33-24(21)27-20(29)14-28-11-7-8-16(3)13-28/h9-10,12,16H,6-8,11,13-14H2,1-5H3,(H,26,30)(H,27,29)/t16-/m1/s1. The number of carbonyl (C=O) groups excluding carboxylic acids is 3. The fourth-order valence-corrected chi connectivity index (χ4v) is 5.31. The van der Waals surface area contributed by atoms with Gasteiger partial charge < -0.3 is 15.4 Å². The Morgan fingerprint density at radius 2 is 1.94 bits per heavy atom. The molecule has 7 nitrogen and oxygen atoms in total. The summed E-state index contributed by atoms with van der Waals surface area (Å²) in [5, 5.41) is 6.15. The molecule has 1 aromatic heterocycles. The fraction of sp³-hybridized carbons (Fsp3) is 0.480. The first kappa shape index (κ1) is 24.9. The van der Waals surface area contributed by atoms with Crippen LogP contribution in [-0.2, 0) is 9.53 Å². The third-order valence-electron chi connectivity index (χ3n) is 5.82. The Morgan fingerprint density at radius 3 is 2.61 bits per heavy atom. The van der Waals surface area contributed by atoms with E-state index in [0.29, 0.717) is 27.0 Å². The van der Waals surface area contributed by atoms with E-state index in [-0.39, 0.29) is 30.5 Å². The van der Waals surface area contributed by atoms with E-state index in [2.05, 4.69) is 22.5 Å². The van der Waals surface area contributed by atoms with Gasteiger partial charge in [0.05, 0.1) is 23.6 Å². The Kier molecular flexibility index (Phi) is 8.26. The number of hydrogen-bond donors (Lipinski definition) is 2. The number of nitrogens with zero attached hydrogens (tertiary/aromatic N) is 1. The molecule has 2 N–H and O–H groups in total. The normalized spacial score (nSPS) is 16.3. The number of anilines is 2. The smallest absolute Gasteiger partial charge is 0.341 e. The molecule has 0 aliphatic carbocycles. The topological polar surface area (TPSA) is 87.7 Å². The highest BCUT2D eigenvalue weighted by Gasteiger charge is 2.27. The first-order chi connectivity index (χ1) is 15.7. The number of ether oxygens (including phenoxy) is 1. The van der Waals surface area contributed by atoms with Crippen LogP contribution in [0.5, 0.6) is 0 Å². The molecule has 1 saturated heterocycles. The molecule has 178 valence electrons. The molecular weight excluding hydrogens is 438 g/mol. The summed E-state index contributed by atoms with van der Waals surface area (Å²) in [7, 11) is 0. The summed E-state index contributed by atoms with van der Waals surface area (Å²) in [5.74, 6) is -0.498. The van der Waals surface area contributed by atoms with Gasteiger partial charge in [-0.3, -0.25) is 14.5 Å². The zero-order chi connectivity index (χ0) is 24.1. The van der Waals surface area contributed by atoms with E-state index in [1.165, 1.54) is 6.42 Å². The summed E-state index contributed by atoms with van der Waals surface area (Å²) in [6, 6.07) is 5.79. The zero-order valence-electron chi connectivity index (χ0n) is 20.0. The minimum Gasteiger partial charge on any atom is -0.462 e. The van der Waals surface area contributed by atoms with Crippen molar-refractivity contribution >= 4 is 39.8 Å². The lowest BCUT2D eigenvalue weighted by molar-refractivity contribution is -0.117. The van der Waals surface area contributed by atoms with Crippen molar-refractivity contribution < 1.29 is 19.1 Å². The molecule has 1 aromatic carbocycles. The van der Waals surface area contributed by atoms with E-state index in [1.54, 1.807) is 13.8 Å². The number of nitrogens with one attached hydrogen (secondary N) is 2. The number of hydrogen-bond acceptors (Lipinski definition) is 6. The average molecular weight is 472 g/mol. The third kappa shape index (κ3) is 6.21. The maximum absolute atomic E-state index is 13.1. The van der Waals surface area contributed by atoms with Crippen LogP contribution >= 0.6 is 11.3 Å². The molecule has 1 aliphatic heterocycles. The number of thiophene rings is 1. The molecular formula is C25H33N3O4S. The highest BCUT2D eigenvalue weighted by molar-refractivity contribution is 7.19. The molecule has 2 aromatic rings. The predicted octanol–water partition coefficient (Wildman–Crippen LogP) is 4.77. The minimum absolute atomic E-state index is 0.197. The molecule has 0 radical (unpaired) electrons. The van der Waals surface area contributed by atoms with Crippen LogP contribution in [0.3, 0.4) is 0 Å². The lowest BCUT2D eigenvalue weighted by atomic mass is 10.0. The summed E-state index contributed by atoms with van der Waals surface area (Å²) in [6.07, 6.45) is 2.25. The molecule has 0 saturated carbocycles. The van der Waals surface area contributed by atoms with Gasteiger partial charge in [0.25, 0.3) is 5.91 Å².